The third kappa shape index (κ3) is 4.76. The average molecular weight is 308 g/mol. The molecular formula is C16H15ClFNO2. The molecule has 0 bridgehead atoms. The molecule has 2 aromatic rings. The van der Waals surface area contributed by atoms with E-state index < -0.39 is 0 Å². The quantitative estimate of drug-likeness (QED) is 0.846. The zero-order valence-corrected chi connectivity index (χ0v) is 12.3. The van der Waals surface area contributed by atoms with Crippen molar-refractivity contribution in [1.82, 2.24) is 4.90 Å². The summed E-state index contributed by atoms with van der Waals surface area (Å²) in [4.78, 5) is 13.5. The summed E-state index contributed by atoms with van der Waals surface area (Å²) in [6.45, 7) is 0.350. The molecule has 0 fully saturated rings. The molecule has 0 aliphatic carbocycles. The van der Waals surface area contributed by atoms with Crippen LogP contribution in [0.1, 0.15) is 5.56 Å². The van der Waals surface area contributed by atoms with Crippen molar-refractivity contribution in [3.05, 3.63) is 64.9 Å². The van der Waals surface area contributed by atoms with E-state index in [4.69, 9.17) is 16.3 Å². The molecule has 0 radical (unpaired) electrons. The van der Waals surface area contributed by atoms with E-state index in [1.54, 1.807) is 43.4 Å². The number of nitrogens with zero attached hydrogens (tertiary/aromatic N) is 1. The number of hydrogen-bond donors (Lipinski definition) is 0. The molecule has 0 heterocycles. The second kappa shape index (κ2) is 7.09. The number of halogens is 2. The van der Waals surface area contributed by atoms with Crippen LogP contribution in [0.15, 0.2) is 48.5 Å². The van der Waals surface area contributed by atoms with Gasteiger partial charge in [-0.3, -0.25) is 4.79 Å². The number of ether oxygens (including phenoxy) is 1. The van der Waals surface area contributed by atoms with Crippen LogP contribution < -0.4 is 4.74 Å². The summed E-state index contributed by atoms with van der Waals surface area (Å²) >= 11 is 5.77. The predicted molar refractivity (Wildman–Crippen MR) is 79.8 cm³/mol. The smallest absolute Gasteiger partial charge is 0.260 e. The second-order valence-electron chi connectivity index (χ2n) is 4.62. The summed E-state index contributed by atoms with van der Waals surface area (Å²) in [7, 11) is 1.68. The molecule has 0 atom stereocenters. The van der Waals surface area contributed by atoms with Crippen molar-refractivity contribution >= 4 is 17.5 Å². The topological polar surface area (TPSA) is 29.5 Å². The van der Waals surface area contributed by atoms with Gasteiger partial charge in [-0.2, -0.15) is 0 Å². The molecule has 1 amide bonds. The van der Waals surface area contributed by atoms with E-state index in [-0.39, 0.29) is 18.3 Å². The molecule has 110 valence electrons. The third-order valence-electron chi connectivity index (χ3n) is 2.93. The molecule has 3 nitrogen and oxygen atoms in total. The van der Waals surface area contributed by atoms with Crippen LogP contribution >= 0.6 is 11.6 Å². The Morgan fingerprint density at radius 2 is 1.76 bits per heavy atom. The molecule has 21 heavy (non-hydrogen) atoms. The molecule has 0 aliphatic heterocycles. The van der Waals surface area contributed by atoms with Gasteiger partial charge in [0.25, 0.3) is 5.91 Å². The maximum Gasteiger partial charge on any atom is 0.260 e. The van der Waals surface area contributed by atoms with Crippen LogP contribution in [-0.2, 0) is 11.3 Å². The summed E-state index contributed by atoms with van der Waals surface area (Å²) in [5.74, 6) is 0.135. The van der Waals surface area contributed by atoms with Crippen molar-refractivity contribution in [2.24, 2.45) is 0 Å². The summed E-state index contributed by atoms with van der Waals surface area (Å²) in [6, 6.07) is 12.9. The van der Waals surface area contributed by atoms with Crippen LogP contribution in [0.2, 0.25) is 5.02 Å². The van der Waals surface area contributed by atoms with E-state index in [0.29, 0.717) is 17.3 Å². The Morgan fingerprint density at radius 3 is 2.38 bits per heavy atom. The highest BCUT2D eigenvalue weighted by Crippen LogP contribution is 2.15. The molecule has 0 aliphatic rings. The number of carbonyl (C=O) groups excluding carboxylic acids is 1. The standard InChI is InChI=1S/C16H15ClFNO2/c1-19(10-12-2-6-14(18)7-3-12)16(20)11-21-15-8-4-13(17)5-9-15/h2-9H,10-11H2,1H3. The lowest BCUT2D eigenvalue weighted by molar-refractivity contribution is -0.132. The molecule has 0 saturated carbocycles. The van der Waals surface area contributed by atoms with E-state index in [1.807, 2.05) is 0 Å². The van der Waals surface area contributed by atoms with Crippen LogP contribution in [-0.4, -0.2) is 24.5 Å². The normalized spacial score (nSPS) is 10.2. The Hall–Kier alpha value is -2.07. The van der Waals surface area contributed by atoms with Gasteiger partial charge >= 0.3 is 0 Å². The first-order chi connectivity index (χ1) is 10.0. The van der Waals surface area contributed by atoms with Crippen LogP contribution in [0.25, 0.3) is 0 Å². The van der Waals surface area contributed by atoms with Gasteiger partial charge in [0.05, 0.1) is 0 Å². The summed E-state index contributed by atoms with van der Waals surface area (Å²) < 4.78 is 18.2. The maximum atomic E-state index is 12.8. The highest BCUT2D eigenvalue weighted by Gasteiger charge is 2.10. The molecule has 0 unspecified atom stereocenters. The molecule has 0 aromatic heterocycles. The summed E-state index contributed by atoms with van der Waals surface area (Å²) in [6.07, 6.45) is 0. The molecular weight excluding hydrogens is 293 g/mol. The molecule has 0 spiro atoms. The number of benzene rings is 2. The zero-order chi connectivity index (χ0) is 15.2. The fraction of sp³-hybridized carbons (Fsp3) is 0.188. The number of carbonyl (C=O) groups is 1. The average Bonchev–Trinajstić information content (AvgIpc) is 2.48. The van der Waals surface area contributed by atoms with E-state index in [2.05, 4.69) is 0 Å². The highest BCUT2D eigenvalue weighted by molar-refractivity contribution is 6.30. The molecule has 2 rings (SSSR count). The van der Waals surface area contributed by atoms with Gasteiger partial charge in [-0.25, -0.2) is 4.39 Å². The Balaban J connectivity index is 1.84. The first-order valence-electron chi connectivity index (χ1n) is 6.41. The lowest BCUT2D eigenvalue weighted by Crippen LogP contribution is -2.30. The van der Waals surface area contributed by atoms with Crippen LogP contribution in [0.5, 0.6) is 5.75 Å². The van der Waals surface area contributed by atoms with Crippen molar-refractivity contribution in [3.8, 4) is 5.75 Å². The van der Waals surface area contributed by atoms with Gasteiger partial charge in [0, 0.05) is 18.6 Å². The number of rotatable bonds is 5. The van der Waals surface area contributed by atoms with Crippen LogP contribution in [0.4, 0.5) is 4.39 Å². The van der Waals surface area contributed by atoms with Crippen molar-refractivity contribution in [2.75, 3.05) is 13.7 Å². The zero-order valence-electron chi connectivity index (χ0n) is 11.6. The monoisotopic (exact) mass is 307 g/mol. The number of hydrogen-bond acceptors (Lipinski definition) is 2. The fourth-order valence-electron chi connectivity index (χ4n) is 1.74. The Labute approximate surface area is 127 Å². The SMILES string of the molecule is CN(Cc1ccc(F)cc1)C(=O)COc1ccc(Cl)cc1. The van der Waals surface area contributed by atoms with Gasteiger partial charge in [0.15, 0.2) is 6.61 Å². The lowest BCUT2D eigenvalue weighted by Gasteiger charge is -2.17. The van der Waals surface area contributed by atoms with Crippen molar-refractivity contribution in [1.29, 1.82) is 0 Å². The third-order valence-corrected chi connectivity index (χ3v) is 3.19. The summed E-state index contributed by atoms with van der Waals surface area (Å²) in [5, 5.41) is 0.613. The lowest BCUT2D eigenvalue weighted by atomic mass is 10.2. The van der Waals surface area contributed by atoms with E-state index in [0.717, 1.165) is 5.56 Å². The number of amides is 1. The van der Waals surface area contributed by atoms with E-state index >= 15 is 0 Å². The Morgan fingerprint density at radius 1 is 1.14 bits per heavy atom. The molecule has 2 aromatic carbocycles. The van der Waals surface area contributed by atoms with Gasteiger partial charge in [-0.1, -0.05) is 23.7 Å². The predicted octanol–water partition coefficient (Wildman–Crippen LogP) is 3.52. The van der Waals surface area contributed by atoms with E-state index in [1.165, 1.54) is 17.0 Å². The Kier molecular flexibility index (Phi) is 5.17. The summed E-state index contributed by atoms with van der Waals surface area (Å²) in [5.41, 5.74) is 0.860. The minimum absolute atomic E-state index is 0.0562. The molecule has 0 saturated heterocycles. The highest BCUT2D eigenvalue weighted by atomic mass is 35.5. The minimum Gasteiger partial charge on any atom is -0.484 e. The fourth-order valence-corrected chi connectivity index (χ4v) is 1.86. The van der Waals surface area contributed by atoms with Gasteiger partial charge in [0.2, 0.25) is 0 Å². The van der Waals surface area contributed by atoms with Gasteiger partial charge < -0.3 is 9.64 Å². The van der Waals surface area contributed by atoms with Gasteiger partial charge in [-0.05, 0) is 42.0 Å². The van der Waals surface area contributed by atoms with Crippen molar-refractivity contribution in [2.45, 2.75) is 6.54 Å². The number of likely N-dealkylation sites (N-methyl/N-ethyl adjacent to an activating group) is 1. The minimum atomic E-state index is -0.293. The van der Waals surface area contributed by atoms with Gasteiger partial charge in [-0.15, -0.1) is 0 Å². The second-order valence-corrected chi connectivity index (χ2v) is 5.06. The van der Waals surface area contributed by atoms with Crippen molar-refractivity contribution < 1.29 is 13.9 Å². The van der Waals surface area contributed by atoms with Crippen LogP contribution in [0, 0.1) is 5.82 Å². The first kappa shape index (κ1) is 15.3. The maximum absolute atomic E-state index is 12.8. The van der Waals surface area contributed by atoms with E-state index in [9.17, 15) is 9.18 Å². The Bertz CT molecular complexity index is 599. The van der Waals surface area contributed by atoms with Crippen LogP contribution in [0.3, 0.4) is 0 Å². The first-order valence-corrected chi connectivity index (χ1v) is 6.79. The molecule has 5 heteroatoms. The molecule has 0 N–H and O–H groups in total. The van der Waals surface area contributed by atoms with Gasteiger partial charge in [0.1, 0.15) is 11.6 Å². The van der Waals surface area contributed by atoms with Crippen molar-refractivity contribution in [3.63, 3.8) is 0 Å². The largest absolute Gasteiger partial charge is 0.484 e.